The number of rotatable bonds is 9. The first-order valence-corrected chi connectivity index (χ1v) is 24.9. The van der Waals surface area contributed by atoms with Gasteiger partial charge in [0, 0.05) is 49.8 Å². The molecule has 0 fully saturated rings. The van der Waals surface area contributed by atoms with Crippen LogP contribution in [0.4, 0.5) is 0 Å². The van der Waals surface area contributed by atoms with Crippen LogP contribution in [0.3, 0.4) is 0 Å². The Bertz CT molecular complexity index is 3880. The topological polar surface area (TPSA) is 82.3 Å². The number of para-hydroxylation sites is 2. The Balaban J connectivity index is 0.978. The van der Waals surface area contributed by atoms with Gasteiger partial charge in [-0.3, -0.25) is 0 Å². The number of aromatic nitrogens is 7. The third-order valence-electron chi connectivity index (χ3n) is 14.4. The zero-order chi connectivity index (χ0) is 49.0. The second kappa shape index (κ2) is 17.7. The summed E-state index contributed by atoms with van der Waals surface area (Å²) in [7, 11) is 0. The van der Waals surface area contributed by atoms with Crippen LogP contribution in [-0.2, 0) is 5.41 Å². The quantitative estimate of drug-likeness (QED) is 0.143. The highest BCUT2D eigenvalue weighted by Gasteiger charge is 2.46. The van der Waals surface area contributed by atoms with Gasteiger partial charge in [0.1, 0.15) is 0 Å². The molecular weight excluding hydrogens is 903 g/mol. The fraction of sp³-hybridized carbons (Fsp3) is 0.0149. The summed E-state index contributed by atoms with van der Waals surface area (Å²) in [5.74, 6) is 3.69. The second-order valence-electron chi connectivity index (χ2n) is 18.6. The van der Waals surface area contributed by atoms with Gasteiger partial charge in [0.05, 0.1) is 16.4 Å². The minimum atomic E-state index is -0.759. The molecule has 0 bridgehead atoms. The van der Waals surface area contributed by atoms with Gasteiger partial charge in [-0.2, -0.15) is 0 Å². The van der Waals surface area contributed by atoms with E-state index in [0.29, 0.717) is 34.9 Å². The average molecular weight is 946 g/mol. The van der Waals surface area contributed by atoms with Gasteiger partial charge in [-0.1, -0.05) is 237 Å². The first-order chi connectivity index (χ1) is 36.7. The zero-order valence-electron chi connectivity index (χ0n) is 40.0. The van der Waals surface area contributed by atoms with Gasteiger partial charge in [0.2, 0.25) is 0 Å². The molecule has 13 aromatic rings. The molecule has 3 heterocycles. The van der Waals surface area contributed by atoms with Crippen molar-refractivity contribution >= 4 is 21.8 Å². The summed E-state index contributed by atoms with van der Waals surface area (Å²) in [6, 6.07) is 91.5. The molecule has 1 aliphatic rings. The molecule has 14 rings (SSSR count). The van der Waals surface area contributed by atoms with E-state index in [1.807, 2.05) is 121 Å². The largest absolute Gasteiger partial charge is 0.309 e. The van der Waals surface area contributed by atoms with E-state index in [9.17, 15) is 0 Å². The molecule has 0 amide bonds. The Morgan fingerprint density at radius 1 is 0.257 bits per heavy atom. The van der Waals surface area contributed by atoms with E-state index >= 15 is 0 Å². The lowest BCUT2D eigenvalue weighted by Crippen LogP contribution is -2.28. The maximum atomic E-state index is 5.11. The highest BCUT2D eigenvalue weighted by atomic mass is 15.0. The van der Waals surface area contributed by atoms with Gasteiger partial charge < -0.3 is 4.57 Å². The van der Waals surface area contributed by atoms with Gasteiger partial charge >= 0.3 is 0 Å². The Morgan fingerprint density at radius 2 is 0.581 bits per heavy atom. The van der Waals surface area contributed by atoms with Crippen molar-refractivity contribution in [3.63, 3.8) is 0 Å². The molecule has 0 radical (unpaired) electrons. The molecule has 0 atom stereocenters. The van der Waals surface area contributed by atoms with Crippen molar-refractivity contribution in [1.82, 2.24) is 34.5 Å². The van der Waals surface area contributed by atoms with Gasteiger partial charge in [0.25, 0.3) is 0 Å². The number of nitrogens with zero attached hydrogens (tertiary/aromatic N) is 7. The van der Waals surface area contributed by atoms with Crippen LogP contribution in [0, 0.1) is 0 Å². The highest BCUT2D eigenvalue weighted by molar-refractivity contribution is 6.09. The predicted molar refractivity (Wildman–Crippen MR) is 297 cm³/mol. The van der Waals surface area contributed by atoms with Crippen molar-refractivity contribution < 1.29 is 0 Å². The molecule has 0 aliphatic heterocycles. The Labute approximate surface area is 427 Å². The number of fused-ring (bicyclic) bond motifs is 6. The number of hydrogen-bond donors (Lipinski definition) is 0. The lowest BCUT2D eigenvalue weighted by molar-refractivity contribution is 0.767. The van der Waals surface area contributed by atoms with Crippen molar-refractivity contribution in [1.29, 1.82) is 0 Å². The maximum absolute atomic E-state index is 5.11. The molecule has 0 N–H and O–H groups in total. The third kappa shape index (κ3) is 7.13. The van der Waals surface area contributed by atoms with Crippen LogP contribution < -0.4 is 0 Å². The van der Waals surface area contributed by atoms with Crippen LogP contribution >= 0.6 is 0 Å². The van der Waals surface area contributed by atoms with Crippen LogP contribution in [0.5, 0.6) is 0 Å². The van der Waals surface area contributed by atoms with Gasteiger partial charge in [-0.05, 0) is 57.6 Å². The summed E-state index contributed by atoms with van der Waals surface area (Å²) in [6.07, 6.45) is 0. The molecule has 0 saturated carbocycles. The molecule has 0 spiro atoms. The molecule has 74 heavy (non-hydrogen) atoms. The SMILES string of the molecule is c1ccc(-c2nc(-c3ccccc3)nc(-c3ccc(C4(c5ccc(-c6nc(-c7ccccc7)nc(-c7ccccc7)n6)cc5)c5ccccc5-c5ccc(-n6c7ccccc7c7ccccc76)cc54)cc3)n2)cc1. The summed E-state index contributed by atoms with van der Waals surface area (Å²) < 4.78 is 2.41. The van der Waals surface area contributed by atoms with E-state index in [1.54, 1.807) is 0 Å². The monoisotopic (exact) mass is 945 g/mol. The van der Waals surface area contributed by atoms with E-state index < -0.39 is 5.41 Å². The van der Waals surface area contributed by atoms with Crippen molar-refractivity contribution in [2.45, 2.75) is 5.41 Å². The summed E-state index contributed by atoms with van der Waals surface area (Å²) in [5.41, 5.74) is 15.1. The molecule has 0 unspecified atom stereocenters. The van der Waals surface area contributed by atoms with Crippen LogP contribution in [0.25, 0.3) is 107 Å². The Morgan fingerprint density at radius 3 is 0.986 bits per heavy atom. The van der Waals surface area contributed by atoms with E-state index in [2.05, 4.69) is 144 Å². The van der Waals surface area contributed by atoms with E-state index in [4.69, 9.17) is 29.9 Å². The molecule has 0 saturated heterocycles. The average Bonchev–Trinajstić information content (AvgIpc) is 3.98. The van der Waals surface area contributed by atoms with Crippen LogP contribution in [0.15, 0.2) is 261 Å². The molecule has 346 valence electrons. The minimum Gasteiger partial charge on any atom is -0.309 e. The summed E-state index contributed by atoms with van der Waals surface area (Å²) in [6.45, 7) is 0. The summed E-state index contributed by atoms with van der Waals surface area (Å²) in [4.78, 5) is 30.4. The normalized spacial score (nSPS) is 12.4. The lowest BCUT2D eigenvalue weighted by atomic mass is 9.67. The zero-order valence-corrected chi connectivity index (χ0v) is 40.0. The predicted octanol–water partition coefficient (Wildman–Crippen LogP) is 15.5. The molecule has 7 nitrogen and oxygen atoms in total. The summed E-state index contributed by atoms with van der Waals surface area (Å²) >= 11 is 0. The first kappa shape index (κ1) is 42.9. The third-order valence-corrected chi connectivity index (χ3v) is 14.4. The van der Waals surface area contributed by atoms with Crippen LogP contribution in [0.2, 0.25) is 0 Å². The van der Waals surface area contributed by atoms with Crippen molar-refractivity contribution in [3.8, 4) is 85.1 Å². The Kier molecular flexibility index (Phi) is 10.3. The fourth-order valence-electron chi connectivity index (χ4n) is 11.0. The van der Waals surface area contributed by atoms with Crippen molar-refractivity contribution in [2.75, 3.05) is 0 Å². The molecule has 10 aromatic carbocycles. The van der Waals surface area contributed by atoms with Crippen molar-refractivity contribution in [3.05, 3.63) is 283 Å². The highest BCUT2D eigenvalue weighted by Crippen LogP contribution is 2.57. The number of hydrogen-bond acceptors (Lipinski definition) is 6. The molecule has 1 aliphatic carbocycles. The number of benzene rings is 10. The lowest BCUT2D eigenvalue weighted by Gasteiger charge is -2.34. The second-order valence-corrected chi connectivity index (χ2v) is 18.6. The van der Waals surface area contributed by atoms with Gasteiger partial charge in [0.15, 0.2) is 34.9 Å². The molecular formula is C67H43N7. The van der Waals surface area contributed by atoms with E-state index in [-0.39, 0.29) is 0 Å². The maximum Gasteiger partial charge on any atom is 0.164 e. The van der Waals surface area contributed by atoms with E-state index in [1.165, 1.54) is 33.0 Å². The summed E-state index contributed by atoms with van der Waals surface area (Å²) in [5, 5.41) is 2.44. The molecule has 7 heteroatoms. The smallest absolute Gasteiger partial charge is 0.164 e. The van der Waals surface area contributed by atoms with Gasteiger partial charge in [-0.15, -0.1) is 0 Å². The minimum absolute atomic E-state index is 0.602. The molecule has 3 aromatic heterocycles. The van der Waals surface area contributed by atoms with Gasteiger partial charge in [-0.25, -0.2) is 29.9 Å². The van der Waals surface area contributed by atoms with Crippen LogP contribution in [-0.4, -0.2) is 34.5 Å². The van der Waals surface area contributed by atoms with E-state index in [0.717, 1.165) is 61.2 Å². The first-order valence-electron chi connectivity index (χ1n) is 24.9. The fourth-order valence-corrected chi connectivity index (χ4v) is 11.0. The van der Waals surface area contributed by atoms with Crippen molar-refractivity contribution in [2.24, 2.45) is 0 Å². The standard InChI is InChI=1S/C67H43N7/c1-5-19-44(20-6-1)61-68-62(45-21-7-2-8-22-45)71-65(70-61)48-33-37-50(38-34-48)67(51-39-35-49(36-40-51)66-72-63(46-23-9-3-10-24-46)69-64(73-66)47-25-11-4-12-26-47)57-30-16-13-27-53(57)54-42-41-52(43-58(54)67)74-59-31-17-14-28-55(59)56-29-15-18-32-60(56)74/h1-43H. The van der Waals surface area contributed by atoms with Crippen LogP contribution in [0.1, 0.15) is 22.3 Å². The Hall–Kier alpha value is -9.98.